The number of nitrogens with zero attached hydrogens (tertiary/aromatic N) is 1. The molecule has 0 saturated carbocycles. The third kappa shape index (κ3) is 5.19. The molecule has 0 N–H and O–H groups in total. The van der Waals surface area contributed by atoms with Crippen LogP contribution < -0.4 is 0 Å². The lowest BCUT2D eigenvalue weighted by atomic mass is 9.97. The molecule has 0 aliphatic heterocycles. The molecule has 0 amide bonds. The Hall–Kier alpha value is -2.41. The summed E-state index contributed by atoms with van der Waals surface area (Å²) in [4.78, 5) is 13.6. The van der Waals surface area contributed by atoms with E-state index in [1.165, 1.54) is 12.1 Å². The minimum atomic E-state index is -3.93. The molecule has 6 heteroatoms. The molecule has 0 spiro atoms. The number of rotatable bonds is 8. The van der Waals surface area contributed by atoms with Crippen LogP contribution in [0.15, 0.2) is 89.8 Å². The van der Waals surface area contributed by atoms with Gasteiger partial charge in [-0.3, -0.25) is 4.79 Å². The van der Waals surface area contributed by atoms with Crippen LogP contribution in [0.2, 0.25) is 0 Å². The first kappa shape index (κ1) is 22.3. The second-order valence-corrected chi connectivity index (χ2v) is 11.2. The van der Waals surface area contributed by atoms with Crippen LogP contribution in [0.4, 0.5) is 0 Å². The van der Waals surface area contributed by atoms with E-state index >= 15 is 0 Å². The normalized spacial score (nSPS) is 13.7. The number of carbonyl (C=O) groups is 1. The molecule has 30 heavy (non-hydrogen) atoms. The van der Waals surface area contributed by atoms with Crippen molar-refractivity contribution in [2.75, 3.05) is 12.5 Å². The Morgan fingerprint density at radius 1 is 0.833 bits per heavy atom. The van der Waals surface area contributed by atoms with E-state index in [1.54, 1.807) is 30.3 Å². The molecule has 4 nitrogen and oxygen atoms in total. The monoisotopic (exact) mass is 439 g/mol. The zero-order chi connectivity index (χ0) is 21.7. The third-order valence-corrected chi connectivity index (χ3v) is 7.68. The number of ketones is 1. The maximum Gasteiger partial charge on any atom is 0.213 e. The lowest BCUT2D eigenvalue weighted by Gasteiger charge is -2.35. The quantitative estimate of drug-likeness (QED) is 0.369. The fraction of sp³-hybridized carbons (Fsp3) is 0.208. The lowest BCUT2D eigenvalue weighted by Crippen LogP contribution is -2.36. The van der Waals surface area contributed by atoms with Gasteiger partial charge in [-0.05, 0) is 36.0 Å². The van der Waals surface area contributed by atoms with Crippen LogP contribution in [0.3, 0.4) is 0 Å². The Morgan fingerprint density at radius 2 is 1.37 bits per heavy atom. The molecule has 0 aromatic heterocycles. The van der Waals surface area contributed by atoms with Gasteiger partial charge in [0, 0.05) is 10.5 Å². The Bertz CT molecular complexity index is 1080. The van der Waals surface area contributed by atoms with Crippen LogP contribution in [-0.2, 0) is 20.9 Å². The van der Waals surface area contributed by atoms with Gasteiger partial charge in [0.05, 0.1) is 12.5 Å². The highest BCUT2D eigenvalue weighted by Gasteiger charge is 2.36. The number of carbonyl (C=O) groups excluding carboxylic acids is 1. The SMILES string of the molecule is Cc1ccc(C([N-]S(=O)(=O)c2ccccc2)C(C(=O)c2ccccc2)[S+](C)C)cc1. The summed E-state index contributed by atoms with van der Waals surface area (Å²) in [5, 5.41) is -0.589. The van der Waals surface area contributed by atoms with Gasteiger partial charge in [0.15, 0.2) is 5.25 Å². The Balaban J connectivity index is 2.07. The molecule has 0 heterocycles. The zero-order valence-corrected chi connectivity index (χ0v) is 18.9. The Labute approximate surface area is 181 Å². The van der Waals surface area contributed by atoms with Crippen molar-refractivity contribution in [2.45, 2.75) is 23.1 Å². The summed E-state index contributed by atoms with van der Waals surface area (Å²) in [5.41, 5.74) is 2.34. The third-order valence-electron chi connectivity index (χ3n) is 4.82. The number of aryl methyl sites for hydroxylation is 1. The lowest BCUT2D eigenvalue weighted by molar-refractivity contribution is 0.0984. The Kier molecular flexibility index (Phi) is 7.13. The molecule has 0 radical (unpaired) electrons. The summed E-state index contributed by atoms with van der Waals surface area (Å²) in [7, 11) is -4.35. The van der Waals surface area contributed by atoms with Crippen molar-refractivity contribution >= 4 is 26.7 Å². The molecule has 0 aliphatic rings. The molecule has 0 saturated heterocycles. The summed E-state index contributed by atoms with van der Waals surface area (Å²) in [6, 6.07) is 23.9. The Morgan fingerprint density at radius 3 is 1.90 bits per heavy atom. The van der Waals surface area contributed by atoms with Crippen LogP contribution in [0.5, 0.6) is 0 Å². The van der Waals surface area contributed by atoms with Crippen molar-refractivity contribution < 1.29 is 13.2 Å². The van der Waals surface area contributed by atoms with Crippen molar-refractivity contribution in [3.8, 4) is 0 Å². The molecular weight excluding hydrogens is 414 g/mol. The number of Topliss-reactive ketones (excluding diaryl/α,β-unsaturated/α-hetero) is 1. The van der Waals surface area contributed by atoms with Crippen molar-refractivity contribution in [3.05, 3.63) is 106 Å². The number of hydrogen-bond donors (Lipinski definition) is 0. The molecule has 0 fully saturated rings. The molecule has 3 aromatic carbocycles. The van der Waals surface area contributed by atoms with Gasteiger partial charge in [0.1, 0.15) is 10.0 Å². The molecule has 0 aliphatic carbocycles. The van der Waals surface area contributed by atoms with E-state index in [9.17, 15) is 13.2 Å². The molecule has 3 aromatic rings. The van der Waals surface area contributed by atoms with Crippen molar-refractivity contribution in [2.24, 2.45) is 0 Å². The van der Waals surface area contributed by atoms with Crippen molar-refractivity contribution in [3.63, 3.8) is 0 Å². The van der Waals surface area contributed by atoms with Crippen LogP contribution >= 0.6 is 0 Å². The molecule has 2 atom stereocenters. The van der Waals surface area contributed by atoms with Gasteiger partial charge in [0.2, 0.25) is 5.78 Å². The van der Waals surface area contributed by atoms with Crippen LogP contribution in [-0.4, -0.2) is 32.0 Å². The highest BCUT2D eigenvalue weighted by Crippen LogP contribution is 2.36. The fourth-order valence-electron chi connectivity index (χ4n) is 3.24. The van der Waals surface area contributed by atoms with Gasteiger partial charge in [-0.2, -0.15) is 0 Å². The smallest absolute Gasteiger partial charge is 0.213 e. The highest BCUT2D eigenvalue weighted by atomic mass is 32.2. The maximum atomic E-state index is 13.4. The standard InChI is InChI=1S/C24H25NO3S2/c1-18-14-16-19(17-15-18)22(25-30(27,28)21-12-8-5-9-13-21)24(29(2)3)23(26)20-10-6-4-7-11-20/h4-17,22,24H,1-3H3. The highest BCUT2D eigenvalue weighted by molar-refractivity contribution is 7.97. The van der Waals surface area contributed by atoms with Gasteiger partial charge in [-0.15, -0.1) is 0 Å². The molecule has 156 valence electrons. The second-order valence-electron chi connectivity index (χ2n) is 7.28. The topological polar surface area (TPSA) is 65.3 Å². The summed E-state index contributed by atoms with van der Waals surface area (Å²) >= 11 is 0. The maximum absolute atomic E-state index is 13.4. The van der Waals surface area contributed by atoms with E-state index in [0.29, 0.717) is 5.56 Å². The number of hydrogen-bond acceptors (Lipinski definition) is 3. The largest absolute Gasteiger partial charge is 0.534 e. The van der Waals surface area contributed by atoms with Crippen molar-refractivity contribution in [1.29, 1.82) is 0 Å². The van der Waals surface area contributed by atoms with E-state index in [0.717, 1.165) is 11.1 Å². The predicted molar refractivity (Wildman–Crippen MR) is 125 cm³/mol. The summed E-state index contributed by atoms with van der Waals surface area (Å²) in [6.45, 7) is 1.97. The van der Waals surface area contributed by atoms with Crippen LogP contribution in [0.25, 0.3) is 4.72 Å². The predicted octanol–water partition coefficient (Wildman–Crippen LogP) is 4.93. The summed E-state index contributed by atoms with van der Waals surface area (Å²) in [5.74, 6) is -0.0958. The van der Waals surface area contributed by atoms with Crippen LogP contribution in [0, 0.1) is 6.92 Å². The van der Waals surface area contributed by atoms with E-state index in [1.807, 2.05) is 61.9 Å². The minimum absolute atomic E-state index is 0.0958. The first-order valence-corrected chi connectivity index (χ1v) is 13.1. The molecular formula is C24H25NO3S2. The van der Waals surface area contributed by atoms with Crippen LogP contribution in [0.1, 0.15) is 27.5 Å². The van der Waals surface area contributed by atoms with Gasteiger partial charge in [-0.1, -0.05) is 83.9 Å². The average Bonchev–Trinajstić information content (AvgIpc) is 2.74. The van der Waals surface area contributed by atoms with E-state index in [-0.39, 0.29) is 10.7 Å². The summed E-state index contributed by atoms with van der Waals surface area (Å²) < 4.78 is 30.5. The first-order valence-electron chi connectivity index (χ1n) is 9.54. The van der Waals surface area contributed by atoms with Gasteiger partial charge >= 0.3 is 0 Å². The number of sulfonamides is 1. The summed E-state index contributed by atoms with van der Waals surface area (Å²) in [6.07, 6.45) is 3.91. The van der Waals surface area contributed by atoms with Crippen molar-refractivity contribution in [1.82, 2.24) is 0 Å². The first-order chi connectivity index (χ1) is 14.3. The zero-order valence-electron chi connectivity index (χ0n) is 17.2. The average molecular weight is 440 g/mol. The van der Waals surface area contributed by atoms with E-state index < -0.39 is 32.2 Å². The molecule has 3 rings (SSSR count). The van der Waals surface area contributed by atoms with Gasteiger partial charge < -0.3 is 4.72 Å². The number of benzene rings is 3. The molecule has 2 unspecified atom stereocenters. The van der Waals surface area contributed by atoms with Gasteiger partial charge in [0.25, 0.3) is 0 Å². The minimum Gasteiger partial charge on any atom is -0.534 e. The van der Waals surface area contributed by atoms with E-state index in [2.05, 4.69) is 4.72 Å². The molecule has 0 bridgehead atoms. The fourth-order valence-corrected chi connectivity index (χ4v) is 5.78. The van der Waals surface area contributed by atoms with E-state index in [4.69, 9.17) is 0 Å². The van der Waals surface area contributed by atoms with Gasteiger partial charge in [-0.25, -0.2) is 8.42 Å². The second kappa shape index (κ2) is 9.60.